The van der Waals surface area contributed by atoms with Crippen molar-refractivity contribution in [3.8, 4) is 11.4 Å². The van der Waals surface area contributed by atoms with Crippen LogP contribution < -0.4 is 10.3 Å². The molecule has 0 spiro atoms. The number of benzene rings is 1. The lowest BCUT2D eigenvalue weighted by Gasteiger charge is -2.11. The Labute approximate surface area is 182 Å². The molecule has 1 N–H and O–H groups in total. The first-order chi connectivity index (χ1) is 14.8. The number of carbonyl (C=O) groups is 1. The minimum absolute atomic E-state index is 0.0701. The fourth-order valence-corrected chi connectivity index (χ4v) is 4.14. The van der Waals surface area contributed by atoms with Crippen LogP contribution in [0.4, 0.5) is 8.78 Å². The van der Waals surface area contributed by atoms with Gasteiger partial charge in [-0.1, -0.05) is 25.1 Å². The van der Waals surface area contributed by atoms with Crippen LogP contribution in [0.25, 0.3) is 5.69 Å². The number of thioether (sulfide) groups is 1. The highest BCUT2D eigenvalue weighted by molar-refractivity contribution is 7.99. The van der Waals surface area contributed by atoms with E-state index >= 15 is 0 Å². The average molecular weight is 448 g/mol. The Morgan fingerprint density at radius 1 is 1.23 bits per heavy atom. The third-order valence-electron chi connectivity index (χ3n) is 4.67. The van der Waals surface area contributed by atoms with Crippen molar-refractivity contribution in [2.75, 3.05) is 5.75 Å². The number of aromatic nitrogens is 3. The van der Waals surface area contributed by atoms with Crippen LogP contribution >= 0.6 is 11.8 Å². The Balaban J connectivity index is 1.77. The summed E-state index contributed by atoms with van der Waals surface area (Å²) in [7, 11) is 0. The zero-order valence-corrected chi connectivity index (χ0v) is 18.3. The van der Waals surface area contributed by atoms with Crippen LogP contribution in [0, 0.1) is 13.8 Å². The van der Waals surface area contributed by atoms with Crippen LogP contribution in [0.3, 0.4) is 0 Å². The molecule has 0 bridgehead atoms. The number of nitrogens with zero attached hydrogens (tertiary/aromatic N) is 2. The second-order valence-corrected chi connectivity index (χ2v) is 7.96. The SMILES string of the molecule is CCCc1cc(=O)[nH]c(SCC(=O)c2cc(C)n(-c3ccc(OC(F)F)cc3)c2C)n1. The second kappa shape index (κ2) is 9.91. The minimum Gasteiger partial charge on any atom is -0.435 e. The lowest BCUT2D eigenvalue weighted by atomic mass is 10.2. The predicted molar refractivity (Wildman–Crippen MR) is 116 cm³/mol. The molecule has 0 aliphatic carbocycles. The molecule has 2 aromatic heterocycles. The number of alkyl halides is 2. The third-order valence-corrected chi connectivity index (χ3v) is 5.54. The number of hydrogen-bond donors (Lipinski definition) is 1. The first-order valence-electron chi connectivity index (χ1n) is 9.79. The van der Waals surface area contributed by atoms with Gasteiger partial charge in [-0.05, 0) is 50.6 Å². The molecule has 9 heteroatoms. The van der Waals surface area contributed by atoms with Crippen molar-refractivity contribution >= 4 is 17.5 Å². The van der Waals surface area contributed by atoms with Crippen molar-refractivity contribution in [3.63, 3.8) is 0 Å². The number of rotatable bonds is 9. The molecule has 0 aliphatic rings. The van der Waals surface area contributed by atoms with E-state index in [9.17, 15) is 18.4 Å². The number of aromatic amines is 1. The number of ether oxygens (including phenoxy) is 1. The molecule has 0 aliphatic heterocycles. The van der Waals surface area contributed by atoms with Crippen LogP contribution in [0.15, 0.2) is 46.3 Å². The molecule has 0 amide bonds. The molecule has 0 atom stereocenters. The van der Waals surface area contributed by atoms with Gasteiger partial charge in [-0.25, -0.2) is 4.98 Å². The lowest BCUT2D eigenvalue weighted by molar-refractivity contribution is -0.0498. The Kier molecular flexibility index (Phi) is 7.27. The molecule has 0 saturated carbocycles. The van der Waals surface area contributed by atoms with E-state index in [-0.39, 0.29) is 22.8 Å². The third kappa shape index (κ3) is 5.61. The van der Waals surface area contributed by atoms with Crippen LogP contribution in [0.5, 0.6) is 5.75 Å². The number of nitrogens with one attached hydrogen (secondary N) is 1. The summed E-state index contributed by atoms with van der Waals surface area (Å²) >= 11 is 1.19. The van der Waals surface area contributed by atoms with Gasteiger partial charge in [0.1, 0.15) is 5.75 Å². The van der Waals surface area contributed by atoms with Gasteiger partial charge in [-0.15, -0.1) is 0 Å². The molecule has 3 aromatic rings. The first-order valence-corrected chi connectivity index (χ1v) is 10.8. The summed E-state index contributed by atoms with van der Waals surface area (Å²) in [6, 6.07) is 9.52. The van der Waals surface area contributed by atoms with E-state index in [4.69, 9.17) is 0 Å². The summed E-state index contributed by atoms with van der Waals surface area (Å²) in [5.41, 5.74) is 3.35. The summed E-state index contributed by atoms with van der Waals surface area (Å²) in [6.07, 6.45) is 1.58. The zero-order chi connectivity index (χ0) is 22.5. The van der Waals surface area contributed by atoms with Gasteiger partial charge in [-0.3, -0.25) is 9.59 Å². The molecule has 0 fully saturated rings. The van der Waals surface area contributed by atoms with E-state index in [0.29, 0.717) is 22.8 Å². The maximum absolute atomic E-state index is 12.8. The molecular weight excluding hydrogens is 424 g/mol. The summed E-state index contributed by atoms with van der Waals surface area (Å²) in [5.74, 6) is 0.107. The molecule has 3 rings (SSSR count). The Morgan fingerprint density at radius 2 is 1.94 bits per heavy atom. The van der Waals surface area contributed by atoms with Crippen LogP contribution in [-0.2, 0) is 6.42 Å². The molecule has 164 valence electrons. The van der Waals surface area contributed by atoms with Crippen molar-refractivity contribution < 1.29 is 18.3 Å². The maximum Gasteiger partial charge on any atom is 0.387 e. The quantitative estimate of drug-likeness (QED) is 0.292. The van der Waals surface area contributed by atoms with Crippen molar-refractivity contribution in [1.82, 2.24) is 14.5 Å². The van der Waals surface area contributed by atoms with Gasteiger partial charge in [0.15, 0.2) is 10.9 Å². The molecule has 31 heavy (non-hydrogen) atoms. The highest BCUT2D eigenvalue weighted by atomic mass is 32.2. The van der Waals surface area contributed by atoms with Gasteiger partial charge in [0.25, 0.3) is 5.56 Å². The average Bonchev–Trinajstić information content (AvgIpc) is 3.00. The fraction of sp³-hybridized carbons (Fsp3) is 0.318. The number of ketones is 1. The van der Waals surface area contributed by atoms with E-state index in [0.717, 1.165) is 23.5 Å². The molecule has 0 radical (unpaired) electrons. The van der Waals surface area contributed by atoms with Gasteiger partial charge < -0.3 is 14.3 Å². The highest BCUT2D eigenvalue weighted by Crippen LogP contribution is 2.25. The largest absolute Gasteiger partial charge is 0.435 e. The summed E-state index contributed by atoms with van der Waals surface area (Å²) < 4.78 is 31.0. The lowest BCUT2D eigenvalue weighted by Crippen LogP contribution is -2.11. The topological polar surface area (TPSA) is 77.0 Å². The van der Waals surface area contributed by atoms with E-state index in [1.807, 2.05) is 25.3 Å². The predicted octanol–water partition coefficient (Wildman–Crippen LogP) is 4.71. The highest BCUT2D eigenvalue weighted by Gasteiger charge is 2.18. The summed E-state index contributed by atoms with van der Waals surface area (Å²) in [4.78, 5) is 31.7. The molecule has 1 aromatic carbocycles. The normalized spacial score (nSPS) is 11.2. The number of Topliss-reactive ketones (excluding diaryl/α,β-unsaturated/α-hetero) is 1. The van der Waals surface area contributed by atoms with Crippen LogP contribution in [0.1, 0.15) is 40.8 Å². The monoisotopic (exact) mass is 447 g/mol. The maximum atomic E-state index is 12.8. The number of hydrogen-bond acceptors (Lipinski definition) is 5. The van der Waals surface area contributed by atoms with Crippen molar-refractivity contribution in [2.45, 2.75) is 45.4 Å². The van der Waals surface area contributed by atoms with E-state index in [2.05, 4.69) is 14.7 Å². The molecule has 0 saturated heterocycles. The van der Waals surface area contributed by atoms with Gasteiger partial charge in [0, 0.05) is 34.4 Å². The molecule has 0 unspecified atom stereocenters. The van der Waals surface area contributed by atoms with Gasteiger partial charge in [0.2, 0.25) is 0 Å². The smallest absolute Gasteiger partial charge is 0.387 e. The van der Waals surface area contributed by atoms with E-state index in [1.165, 1.54) is 30.0 Å². The number of H-pyrrole nitrogens is 1. The number of aryl methyl sites for hydroxylation is 2. The van der Waals surface area contributed by atoms with Gasteiger partial charge in [0.05, 0.1) is 5.75 Å². The Morgan fingerprint density at radius 3 is 2.58 bits per heavy atom. The van der Waals surface area contributed by atoms with Gasteiger partial charge >= 0.3 is 6.61 Å². The molecular formula is C22H23F2N3O3S. The number of carbonyl (C=O) groups excluding carboxylic acids is 1. The first kappa shape index (κ1) is 22.7. The zero-order valence-electron chi connectivity index (χ0n) is 17.4. The molecule has 6 nitrogen and oxygen atoms in total. The van der Waals surface area contributed by atoms with E-state index < -0.39 is 6.61 Å². The van der Waals surface area contributed by atoms with E-state index in [1.54, 1.807) is 18.2 Å². The van der Waals surface area contributed by atoms with Crippen molar-refractivity contribution in [1.29, 1.82) is 0 Å². The Bertz CT molecular complexity index is 1120. The van der Waals surface area contributed by atoms with Crippen LogP contribution in [-0.4, -0.2) is 32.7 Å². The van der Waals surface area contributed by atoms with Crippen LogP contribution in [0.2, 0.25) is 0 Å². The summed E-state index contributed by atoms with van der Waals surface area (Å²) in [5, 5.41) is 0.424. The molecule has 2 heterocycles. The number of halogens is 2. The minimum atomic E-state index is -2.88. The fourth-order valence-electron chi connectivity index (χ4n) is 3.37. The standard InChI is InChI=1S/C22H23F2N3O3S/c1-4-5-15-11-20(29)26-22(25-15)31-12-19(28)18-10-13(2)27(14(18)3)16-6-8-17(9-7-16)30-21(23)24/h6-11,21H,4-5,12H2,1-3H3,(H,25,26,29). The Hall–Kier alpha value is -2.94. The van der Waals surface area contributed by atoms with Crippen molar-refractivity contribution in [2.24, 2.45) is 0 Å². The van der Waals surface area contributed by atoms with Crippen molar-refractivity contribution in [3.05, 3.63) is 69.4 Å². The summed E-state index contributed by atoms with van der Waals surface area (Å²) in [6.45, 7) is 2.83. The van der Waals surface area contributed by atoms with Gasteiger partial charge in [-0.2, -0.15) is 8.78 Å². The second-order valence-electron chi connectivity index (χ2n) is 7.00.